The minimum atomic E-state index is 0.0292. The molecular weight excluding hydrogens is 250 g/mol. The van der Waals surface area contributed by atoms with Crippen LogP contribution in [0.15, 0.2) is 12.4 Å². The van der Waals surface area contributed by atoms with E-state index in [0.717, 1.165) is 24.3 Å². The molecule has 1 aliphatic carbocycles. The van der Waals surface area contributed by atoms with Gasteiger partial charge >= 0.3 is 0 Å². The predicted molar refractivity (Wildman–Crippen MR) is 80.0 cm³/mol. The summed E-state index contributed by atoms with van der Waals surface area (Å²) in [5.74, 6) is 1.13. The number of rotatable bonds is 3. The third-order valence-corrected chi connectivity index (χ3v) is 4.70. The number of aromatic nitrogens is 2. The Labute approximate surface area is 121 Å². The van der Waals surface area contributed by atoms with Crippen LogP contribution in [0.1, 0.15) is 65.0 Å². The fourth-order valence-electron chi connectivity index (χ4n) is 3.13. The Hall–Kier alpha value is -1.32. The van der Waals surface area contributed by atoms with Gasteiger partial charge in [0.05, 0.1) is 12.2 Å². The van der Waals surface area contributed by atoms with Crippen molar-refractivity contribution in [2.24, 2.45) is 17.3 Å². The van der Waals surface area contributed by atoms with E-state index in [0.29, 0.717) is 5.41 Å². The van der Waals surface area contributed by atoms with Crippen LogP contribution in [0, 0.1) is 17.3 Å². The Morgan fingerprint density at radius 1 is 1.35 bits per heavy atom. The topological polar surface area (TPSA) is 57.8 Å². The number of carbonyl (C=O) groups is 1. The Morgan fingerprint density at radius 3 is 2.50 bits per heavy atom. The average Bonchev–Trinajstić information content (AvgIpc) is 2.91. The Balaban J connectivity index is 1.83. The van der Waals surface area contributed by atoms with Gasteiger partial charge in [-0.3, -0.25) is 9.89 Å². The zero-order chi connectivity index (χ0) is 14.8. The van der Waals surface area contributed by atoms with Gasteiger partial charge in [-0.15, -0.1) is 0 Å². The molecule has 1 atom stereocenters. The largest absolute Gasteiger partial charge is 0.349 e. The molecule has 112 valence electrons. The summed E-state index contributed by atoms with van der Waals surface area (Å²) in [6, 6.07) is 0.0292. The lowest BCUT2D eigenvalue weighted by atomic mass is 9.69. The lowest BCUT2D eigenvalue weighted by molar-refractivity contribution is -0.127. The van der Waals surface area contributed by atoms with Crippen molar-refractivity contribution in [3.63, 3.8) is 0 Å². The molecule has 1 saturated carbocycles. The normalized spacial score (nSPS) is 25.2. The minimum absolute atomic E-state index is 0.0292. The van der Waals surface area contributed by atoms with Gasteiger partial charge in [0.2, 0.25) is 5.91 Å². The van der Waals surface area contributed by atoms with Gasteiger partial charge in [-0.05, 0) is 43.9 Å². The van der Waals surface area contributed by atoms with Crippen LogP contribution in [0.25, 0.3) is 0 Å². The van der Waals surface area contributed by atoms with Crippen LogP contribution < -0.4 is 5.32 Å². The van der Waals surface area contributed by atoms with Gasteiger partial charge in [0, 0.05) is 17.7 Å². The van der Waals surface area contributed by atoms with Crippen molar-refractivity contribution in [2.45, 2.75) is 59.4 Å². The second-order valence-corrected chi connectivity index (χ2v) is 7.18. The quantitative estimate of drug-likeness (QED) is 0.889. The first-order valence-electron chi connectivity index (χ1n) is 7.67. The van der Waals surface area contributed by atoms with Gasteiger partial charge in [-0.1, -0.05) is 20.8 Å². The molecule has 0 bridgehead atoms. The van der Waals surface area contributed by atoms with Crippen LogP contribution in [0.3, 0.4) is 0 Å². The predicted octanol–water partition coefficient (Wildman–Crippen LogP) is 3.44. The fraction of sp³-hybridized carbons (Fsp3) is 0.750. The molecule has 1 aliphatic rings. The number of nitrogens with one attached hydrogen (secondary N) is 2. The van der Waals surface area contributed by atoms with Crippen molar-refractivity contribution < 1.29 is 4.79 Å². The summed E-state index contributed by atoms with van der Waals surface area (Å²) in [4.78, 5) is 12.3. The van der Waals surface area contributed by atoms with Gasteiger partial charge in [-0.2, -0.15) is 5.10 Å². The minimum Gasteiger partial charge on any atom is -0.349 e. The number of hydrogen-bond acceptors (Lipinski definition) is 2. The van der Waals surface area contributed by atoms with Crippen molar-refractivity contribution in [1.29, 1.82) is 0 Å². The average molecular weight is 277 g/mol. The first-order valence-corrected chi connectivity index (χ1v) is 7.67. The number of H-pyrrole nitrogens is 1. The van der Waals surface area contributed by atoms with Gasteiger partial charge in [0.1, 0.15) is 0 Å². The van der Waals surface area contributed by atoms with Crippen LogP contribution >= 0.6 is 0 Å². The van der Waals surface area contributed by atoms with Crippen molar-refractivity contribution in [1.82, 2.24) is 15.5 Å². The molecule has 2 rings (SSSR count). The molecule has 1 aromatic rings. The van der Waals surface area contributed by atoms with E-state index < -0.39 is 0 Å². The summed E-state index contributed by atoms with van der Waals surface area (Å²) >= 11 is 0. The highest BCUT2D eigenvalue weighted by Gasteiger charge is 2.32. The molecule has 0 radical (unpaired) electrons. The van der Waals surface area contributed by atoms with Crippen LogP contribution in [0.2, 0.25) is 0 Å². The van der Waals surface area contributed by atoms with E-state index in [2.05, 4.69) is 36.3 Å². The van der Waals surface area contributed by atoms with Crippen molar-refractivity contribution in [3.05, 3.63) is 18.0 Å². The maximum absolute atomic E-state index is 12.3. The number of aromatic amines is 1. The molecule has 1 fully saturated rings. The van der Waals surface area contributed by atoms with E-state index in [1.165, 1.54) is 12.8 Å². The maximum Gasteiger partial charge on any atom is 0.223 e. The fourth-order valence-corrected chi connectivity index (χ4v) is 3.13. The smallest absolute Gasteiger partial charge is 0.223 e. The van der Waals surface area contributed by atoms with Crippen LogP contribution in [0.4, 0.5) is 0 Å². The summed E-state index contributed by atoms with van der Waals surface area (Å²) < 4.78 is 0. The Bertz CT molecular complexity index is 425. The highest BCUT2D eigenvalue weighted by atomic mass is 16.1. The molecule has 0 spiro atoms. The number of carbonyl (C=O) groups excluding carboxylic acids is 1. The van der Waals surface area contributed by atoms with Gasteiger partial charge in [-0.25, -0.2) is 0 Å². The number of hydrogen-bond donors (Lipinski definition) is 2. The van der Waals surface area contributed by atoms with Crippen molar-refractivity contribution >= 4 is 5.91 Å². The summed E-state index contributed by atoms with van der Waals surface area (Å²) in [6.07, 6.45) is 7.98. The van der Waals surface area contributed by atoms with Crippen molar-refractivity contribution in [3.8, 4) is 0 Å². The van der Waals surface area contributed by atoms with E-state index in [1.54, 1.807) is 6.20 Å². The van der Waals surface area contributed by atoms with E-state index >= 15 is 0 Å². The molecule has 0 saturated heterocycles. The first kappa shape index (κ1) is 15.1. The Morgan fingerprint density at radius 2 is 2.00 bits per heavy atom. The van der Waals surface area contributed by atoms with Crippen LogP contribution in [-0.4, -0.2) is 16.1 Å². The summed E-state index contributed by atoms with van der Waals surface area (Å²) in [6.45, 7) is 8.92. The molecule has 0 aliphatic heterocycles. The van der Waals surface area contributed by atoms with E-state index in [-0.39, 0.29) is 17.9 Å². The lowest BCUT2D eigenvalue weighted by Crippen LogP contribution is -2.36. The zero-order valence-electron chi connectivity index (χ0n) is 13.1. The Kier molecular flexibility index (Phi) is 4.51. The zero-order valence-corrected chi connectivity index (χ0v) is 13.1. The van der Waals surface area contributed by atoms with E-state index in [9.17, 15) is 4.79 Å². The molecular formula is C16H27N3O. The van der Waals surface area contributed by atoms with Gasteiger partial charge in [0.15, 0.2) is 0 Å². The summed E-state index contributed by atoms with van der Waals surface area (Å²) in [5, 5.41) is 9.81. The molecule has 1 unspecified atom stereocenters. The monoisotopic (exact) mass is 277 g/mol. The van der Waals surface area contributed by atoms with E-state index in [1.807, 2.05) is 13.1 Å². The molecule has 1 amide bonds. The standard InChI is InChI=1S/C16H27N3O/c1-11(13-9-17-18-10-13)19-15(20)12-5-7-14(8-6-12)16(2,3)4/h9-12,14H,5-8H2,1-4H3,(H,17,18)(H,19,20). The number of amides is 1. The summed E-state index contributed by atoms with van der Waals surface area (Å²) in [7, 11) is 0. The third kappa shape index (κ3) is 3.62. The summed E-state index contributed by atoms with van der Waals surface area (Å²) in [5.41, 5.74) is 1.40. The second kappa shape index (κ2) is 5.98. The van der Waals surface area contributed by atoms with Crippen LogP contribution in [-0.2, 0) is 4.79 Å². The molecule has 4 heteroatoms. The van der Waals surface area contributed by atoms with E-state index in [4.69, 9.17) is 0 Å². The molecule has 2 N–H and O–H groups in total. The van der Waals surface area contributed by atoms with Crippen molar-refractivity contribution in [2.75, 3.05) is 0 Å². The third-order valence-electron chi connectivity index (χ3n) is 4.70. The highest BCUT2D eigenvalue weighted by molar-refractivity contribution is 5.79. The number of nitrogens with zero attached hydrogens (tertiary/aromatic N) is 1. The molecule has 4 nitrogen and oxygen atoms in total. The van der Waals surface area contributed by atoms with Gasteiger partial charge in [0.25, 0.3) is 0 Å². The van der Waals surface area contributed by atoms with Gasteiger partial charge < -0.3 is 5.32 Å². The highest BCUT2D eigenvalue weighted by Crippen LogP contribution is 2.39. The maximum atomic E-state index is 12.3. The molecule has 1 aromatic heterocycles. The second-order valence-electron chi connectivity index (χ2n) is 7.18. The van der Waals surface area contributed by atoms with Crippen LogP contribution in [0.5, 0.6) is 0 Å². The first-order chi connectivity index (χ1) is 9.38. The molecule has 0 aromatic carbocycles. The molecule has 20 heavy (non-hydrogen) atoms. The molecule has 1 heterocycles. The SMILES string of the molecule is CC(NC(=O)C1CCC(C(C)(C)C)CC1)c1cn[nH]c1. The lowest BCUT2D eigenvalue weighted by Gasteiger charge is -2.36.